The van der Waals surface area contributed by atoms with Gasteiger partial charge in [0.25, 0.3) is 11.8 Å². The van der Waals surface area contributed by atoms with E-state index in [1.54, 1.807) is 68.4 Å². The van der Waals surface area contributed by atoms with Crippen LogP contribution in [0.5, 0.6) is 0 Å². The molecular formula is C20H21ClN2O4. The van der Waals surface area contributed by atoms with Crippen LogP contribution in [0.15, 0.2) is 54.6 Å². The number of esters is 1. The molecule has 0 aromatic heterocycles. The van der Waals surface area contributed by atoms with Gasteiger partial charge in [-0.05, 0) is 36.2 Å². The minimum Gasteiger partial charge on any atom is -0.454 e. The number of carbonyl (C=O) groups is 3. The first-order valence-corrected chi connectivity index (χ1v) is 8.82. The Bertz CT molecular complexity index is 809. The average Bonchev–Trinajstić information content (AvgIpc) is 2.64. The molecule has 0 saturated heterocycles. The monoisotopic (exact) mass is 388 g/mol. The lowest BCUT2D eigenvalue weighted by molar-refractivity contribution is -0.150. The summed E-state index contributed by atoms with van der Waals surface area (Å²) in [5.74, 6) is -1.76. The SMILES string of the molecule is CC(C)[C@H](NC(=O)c1ccccc1)C(=O)OCC(=O)Nc1cccc(Cl)c1. The summed E-state index contributed by atoms with van der Waals surface area (Å²) >= 11 is 5.85. The summed E-state index contributed by atoms with van der Waals surface area (Å²) in [6.07, 6.45) is 0. The van der Waals surface area contributed by atoms with Crippen LogP contribution in [0, 0.1) is 5.92 Å². The minimum atomic E-state index is -0.864. The van der Waals surface area contributed by atoms with Gasteiger partial charge in [-0.3, -0.25) is 9.59 Å². The second-order valence-corrected chi connectivity index (χ2v) is 6.66. The lowest BCUT2D eigenvalue weighted by Crippen LogP contribution is -2.45. The van der Waals surface area contributed by atoms with E-state index in [1.165, 1.54) is 0 Å². The van der Waals surface area contributed by atoms with E-state index in [1.807, 2.05) is 0 Å². The molecule has 0 spiro atoms. The number of ether oxygens (including phenoxy) is 1. The summed E-state index contributed by atoms with van der Waals surface area (Å²) in [4.78, 5) is 36.5. The van der Waals surface area contributed by atoms with Crippen LogP contribution < -0.4 is 10.6 Å². The average molecular weight is 389 g/mol. The van der Waals surface area contributed by atoms with Gasteiger partial charge in [-0.15, -0.1) is 0 Å². The van der Waals surface area contributed by atoms with Crippen LogP contribution in [0.4, 0.5) is 5.69 Å². The fourth-order valence-electron chi connectivity index (χ4n) is 2.30. The molecule has 0 radical (unpaired) electrons. The second-order valence-electron chi connectivity index (χ2n) is 6.23. The first-order valence-electron chi connectivity index (χ1n) is 8.45. The summed E-state index contributed by atoms with van der Waals surface area (Å²) in [5, 5.41) is 5.72. The summed E-state index contributed by atoms with van der Waals surface area (Å²) in [6, 6.07) is 14.3. The topological polar surface area (TPSA) is 84.5 Å². The van der Waals surface area contributed by atoms with Gasteiger partial charge >= 0.3 is 5.97 Å². The van der Waals surface area contributed by atoms with E-state index >= 15 is 0 Å². The van der Waals surface area contributed by atoms with Crippen molar-refractivity contribution < 1.29 is 19.1 Å². The van der Waals surface area contributed by atoms with Gasteiger partial charge in [-0.2, -0.15) is 0 Å². The van der Waals surface area contributed by atoms with Crippen LogP contribution in [0.2, 0.25) is 5.02 Å². The Kier molecular flexibility index (Phi) is 7.37. The number of hydrogen-bond acceptors (Lipinski definition) is 4. The summed E-state index contributed by atoms with van der Waals surface area (Å²) in [6.45, 7) is 3.10. The predicted octanol–water partition coefficient (Wildman–Crippen LogP) is 3.28. The number of hydrogen-bond donors (Lipinski definition) is 2. The maximum absolute atomic E-state index is 12.3. The molecule has 0 heterocycles. The summed E-state index contributed by atoms with van der Waals surface area (Å²) in [5.41, 5.74) is 0.941. The minimum absolute atomic E-state index is 0.207. The lowest BCUT2D eigenvalue weighted by atomic mass is 10.0. The zero-order valence-electron chi connectivity index (χ0n) is 15.1. The maximum atomic E-state index is 12.3. The number of halogens is 1. The van der Waals surface area contributed by atoms with Crippen LogP contribution in [0.25, 0.3) is 0 Å². The first kappa shape index (κ1) is 20.5. The highest BCUT2D eigenvalue weighted by atomic mass is 35.5. The van der Waals surface area contributed by atoms with E-state index in [-0.39, 0.29) is 11.8 Å². The molecule has 6 nitrogen and oxygen atoms in total. The first-order chi connectivity index (χ1) is 12.9. The summed E-state index contributed by atoms with van der Waals surface area (Å²) < 4.78 is 5.07. The van der Waals surface area contributed by atoms with Crippen molar-refractivity contribution in [3.8, 4) is 0 Å². The Morgan fingerprint density at radius 3 is 2.37 bits per heavy atom. The van der Waals surface area contributed by atoms with E-state index in [4.69, 9.17) is 16.3 Å². The Morgan fingerprint density at radius 2 is 1.74 bits per heavy atom. The highest BCUT2D eigenvalue weighted by molar-refractivity contribution is 6.30. The molecule has 0 aliphatic carbocycles. The van der Waals surface area contributed by atoms with Gasteiger partial charge in [0.15, 0.2) is 6.61 Å². The number of carbonyl (C=O) groups excluding carboxylic acids is 3. The van der Waals surface area contributed by atoms with E-state index in [0.717, 1.165) is 0 Å². The molecule has 0 fully saturated rings. The summed E-state index contributed by atoms with van der Waals surface area (Å²) in [7, 11) is 0. The van der Waals surface area contributed by atoms with Gasteiger partial charge < -0.3 is 15.4 Å². The zero-order chi connectivity index (χ0) is 19.8. The largest absolute Gasteiger partial charge is 0.454 e. The van der Waals surface area contributed by atoms with Crippen LogP contribution in [0.1, 0.15) is 24.2 Å². The maximum Gasteiger partial charge on any atom is 0.329 e. The molecule has 0 aliphatic rings. The molecule has 2 aromatic carbocycles. The molecule has 2 rings (SSSR count). The normalized spacial score (nSPS) is 11.6. The highest BCUT2D eigenvalue weighted by Gasteiger charge is 2.26. The van der Waals surface area contributed by atoms with Gasteiger partial charge in [-0.25, -0.2) is 4.79 Å². The van der Waals surface area contributed by atoms with Crippen molar-refractivity contribution in [2.45, 2.75) is 19.9 Å². The third kappa shape index (κ3) is 6.42. The van der Waals surface area contributed by atoms with Crippen LogP contribution >= 0.6 is 11.6 Å². The molecule has 0 bridgehead atoms. The zero-order valence-corrected chi connectivity index (χ0v) is 15.8. The van der Waals surface area contributed by atoms with Gasteiger partial charge in [0, 0.05) is 16.3 Å². The Hall–Kier alpha value is -2.86. The quantitative estimate of drug-likeness (QED) is 0.713. The molecular weight excluding hydrogens is 368 g/mol. The molecule has 2 N–H and O–H groups in total. The van der Waals surface area contributed by atoms with Crippen LogP contribution in [-0.2, 0) is 14.3 Å². The Labute approximate surface area is 162 Å². The van der Waals surface area contributed by atoms with Crippen molar-refractivity contribution in [2.24, 2.45) is 5.92 Å². The fourth-order valence-corrected chi connectivity index (χ4v) is 2.49. The van der Waals surface area contributed by atoms with E-state index in [2.05, 4.69) is 10.6 Å². The molecule has 0 aliphatic heterocycles. The van der Waals surface area contributed by atoms with E-state index < -0.39 is 24.5 Å². The molecule has 1 atom stereocenters. The van der Waals surface area contributed by atoms with Crippen molar-refractivity contribution in [1.29, 1.82) is 0 Å². The highest BCUT2D eigenvalue weighted by Crippen LogP contribution is 2.14. The predicted molar refractivity (Wildman–Crippen MR) is 104 cm³/mol. The third-order valence-corrected chi connectivity index (χ3v) is 3.93. The molecule has 0 saturated carbocycles. The van der Waals surface area contributed by atoms with Crippen molar-refractivity contribution in [2.75, 3.05) is 11.9 Å². The van der Waals surface area contributed by atoms with Gasteiger partial charge in [0.2, 0.25) is 0 Å². The Balaban J connectivity index is 1.90. The van der Waals surface area contributed by atoms with Gasteiger partial charge in [0.1, 0.15) is 6.04 Å². The molecule has 2 amide bonds. The molecule has 142 valence electrons. The van der Waals surface area contributed by atoms with Crippen molar-refractivity contribution in [1.82, 2.24) is 5.32 Å². The standard InChI is InChI=1S/C20H21ClN2O4/c1-13(2)18(23-19(25)14-7-4-3-5-8-14)20(26)27-12-17(24)22-16-10-6-9-15(21)11-16/h3-11,13,18H,12H2,1-2H3,(H,22,24)(H,23,25)/t18-/m0/s1. The number of anilines is 1. The van der Waals surface area contributed by atoms with Crippen molar-refractivity contribution in [3.63, 3.8) is 0 Å². The second kappa shape index (κ2) is 9.73. The van der Waals surface area contributed by atoms with Crippen LogP contribution in [-0.4, -0.2) is 30.4 Å². The number of nitrogens with one attached hydrogen (secondary N) is 2. The third-order valence-electron chi connectivity index (χ3n) is 3.70. The van der Waals surface area contributed by atoms with Crippen molar-refractivity contribution in [3.05, 3.63) is 65.2 Å². The van der Waals surface area contributed by atoms with Crippen LogP contribution in [0.3, 0.4) is 0 Å². The molecule has 27 heavy (non-hydrogen) atoms. The van der Waals surface area contributed by atoms with Gasteiger partial charge in [0.05, 0.1) is 0 Å². The van der Waals surface area contributed by atoms with Crippen molar-refractivity contribution >= 4 is 35.1 Å². The fraction of sp³-hybridized carbons (Fsp3) is 0.250. The number of amides is 2. The molecule has 0 unspecified atom stereocenters. The van der Waals surface area contributed by atoms with E-state index in [9.17, 15) is 14.4 Å². The Morgan fingerprint density at radius 1 is 1.04 bits per heavy atom. The number of benzene rings is 2. The number of rotatable bonds is 7. The molecule has 7 heteroatoms. The van der Waals surface area contributed by atoms with E-state index in [0.29, 0.717) is 16.3 Å². The van der Waals surface area contributed by atoms with Gasteiger partial charge in [-0.1, -0.05) is 49.7 Å². The lowest BCUT2D eigenvalue weighted by Gasteiger charge is -2.20. The molecule has 2 aromatic rings. The smallest absolute Gasteiger partial charge is 0.329 e.